The van der Waals surface area contributed by atoms with Crippen molar-refractivity contribution in [2.75, 3.05) is 26.4 Å². The Labute approximate surface area is 227 Å². The summed E-state index contributed by atoms with van der Waals surface area (Å²) in [4.78, 5) is 23.1. The number of esters is 1. The summed E-state index contributed by atoms with van der Waals surface area (Å²) in [6.45, 7) is -0.116. The van der Waals surface area contributed by atoms with Crippen LogP contribution in [0.25, 0.3) is 0 Å². The average Bonchev–Trinajstić information content (AvgIpc) is 2.80. The van der Waals surface area contributed by atoms with E-state index in [0.29, 0.717) is 6.42 Å². The Balaban J connectivity index is 0. The molecule has 0 bridgehead atoms. The zero-order valence-corrected chi connectivity index (χ0v) is 24.0. The molecule has 0 aromatic rings. The molecule has 0 saturated heterocycles. The van der Waals surface area contributed by atoms with E-state index in [0.717, 1.165) is 25.7 Å². The number of phosphoric acid groups is 1. The first-order valence-electron chi connectivity index (χ1n) is 12.2. The van der Waals surface area contributed by atoms with Crippen LogP contribution in [0.3, 0.4) is 0 Å². The first-order valence-corrected chi connectivity index (χ1v) is 13.6. The van der Waals surface area contributed by atoms with Crippen LogP contribution in [0, 0.1) is 0 Å². The van der Waals surface area contributed by atoms with Gasteiger partial charge in [-0.1, -0.05) is 64.0 Å². The number of rotatable bonds is 23. The fourth-order valence-corrected chi connectivity index (χ4v) is 3.70. The van der Waals surface area contributed by atoms with Crippen LogP contribution in [-0.4, -0.2) is 59.9 Å². The summed E-state index contributed by atoms with van der Waals surface area (Å²) in [5.41, 5.74) is 0. The molecule has 11 heteroatoms. The van der Waals surface area contributed by atoms with Crippen molar-refractivity contribution in [3.8, 4) is 0 Å². The van der Waals surface area contributed by atoms with Gasteiger partial charge in [-0.25, -0.2) is 0 Å². The minimum absolute atomic E-state index is 0. The maximum atomic E-state index is 11.7. The molecule has 0 fully saturated rings. The molecule has 0 spiro atoms. The summed E-state index contributed by atoms with van der Waals surface area (Å²) in [6, 6.07) is 0. The van der Waals surface area contributed by atoms with E-state index in [1.165, 1.54) is 44.9 Å². The van der Waals surface area contributed by atoms with Crippen LogP contribution in [0.2, 0.25) is 0 Å². The van der Waals surface area contributed by atoms with Crippen molar-refractivity contribution in [3.05, 3.63) is 12.2 Å². The zero-order chi connectivity index (χ0) is 24.8. The quantitative estimate of drug-likeness (QED) is 0.0575. The fraction of sp³-hybridized carbons (Fsp3) is 0.870. The predicted molar refractivity (Wildman–Crippen MR) is 124 cm³/mol. The van der Waals surface area contributed by atoms with Crippen molar-refractivity contribution in [2.45, 2.75) is 103 Å². The molecule has 0 aliphatic heterocycles. The third kappa shape index (κ3) is 25.3. The number of aliphatic hydroxyl groups is 3. The van der Waals surface area contributed by atoms with Crippen molar-refractivity contribution < 1.29 is 72.9 Å². The Kier molecular flexibility index (Phi) is 26.6. The zero-order valence-electron chi connectivity index (χ0n) is 21.1. The summed E-state index contributed by atoms with van der Waals surface area (Å²) in [5, 5.41) is 27.3. The van der Waals surface area contributed by atoms with Gasteiger partial charge in [0, 0.05) is 6.42 Å². The number of hydrogen-bond donors (Lipinski definition) is 3. The van der Waals surface area contributed by atoms with E-state index < -0.39 is 45.8 Å². The van der Waals surface area contributed by atoms with Gasteiger partial charge in [-0.05, 0) is 32.1 Å². The molecule has 34 heavy (non-hydrogen) atoms. The maximum Gasteiger partial charge on any atom is 1.00 e. The Morgan fingerprint density at radius 1 is 0.853 bits per heavy atom. The monoisotopic (exact) mass is 518 g/mol. The van der Waals surface area contributed by atoms with Gasteiger partial charge < -0.3 is 34.0 Å². The molecule has 0 saturated carbocycles. The first kappa shape index (κ1) is 36.4. The normalized spacial score (nSPS) is 15.0. The average molecular weight is 519 g/mol. The molecule has 3 atom stereocenters. The summed E-state index contributed by atoms with van der Waals surface area (Å²) < 4.78 is 25.1. The molecule has 0 aromatic carbocycles. The van der Waals surface area contributed by atoms with Gasteiger partial charge in [0.1, 0.15) is 18.8 Å². The second-order valence-electron chi connectivity index (χ2n) is 8.19. The molecular weight excluding hydrogens is 474 g/mol. The Hall–Kier alpha value is 0.200. The van der Waals surface area contributed by atoms with Gasteiger partial charge in [0.15, 0.2) is 0 Å². The molecule has 0 heterocycles. The first-order chi connectivity index (χ1) is 15.8. The number of allylic oxidation sites excluding steroid dienone is 2. The van der Waals surface area contributed by atoms with Crippen LogP contribution in [0.1, 0.15) is 90.4 Å². The minimum atomic E-state index is -4.73. The van der Waals surface area contributed by atoms with E-state index in [1.54, 1.807) is 0 Å². The Morgan fingerprint density at radius 3 is 1.91 bits per heavy atom. The summed E-state index contributed by atoms with van der Waals surface area (Å²) in [5.74, 6) is -0.453. The van der Waals surface area contributed by atoms with Gasteiger partial charge in [-0.3, -0.25) is 9.36 Å². The van der Waals surface area contributed by atoms with Crippen LogP contribution in [0.4, 0.5) is 0 Å². The van der Waals surface area contributed by atoms with Crippen molar-refractivity contribution in [1.82, 2.24) is 0 Å². The molecule has 0 aliphatic carbocycles. The largest absolute Gasteiger partial charge is 1.00 e. The number of carbonyl (C=O) groups excluding carboxylic acids is 1. The van der Waals surface area contributed by atoms with Crippen LogP contribution in [0.5, 0.6) is 0 Å². The van der Waals surface area contributed by atoms with E-state index in [-0.39, 0.29) is 42.6 Å². The Morgan fingerprint density at radius 2 is 1.35 bits per heavy atom. The van der Waals surface area contributed by atoms with E-state index in [1.807, 2.05) is 0 Å². The molecule has 196 valence electrons. The number of ether oxygens (including phenoxy) is 1. The SMILES string of the molecule is CCCCCC/C=C\CCCCCCCCC(=O)OC[C@@H](O)COP(=O)([O-])OCC(O)CO.[Na+]. The van der Waals surface area contributed by atoms with E-state index in [9.17, 15) is 19.4 Å². The second kappa shape index (κ2) is 24.9. The van der Waals surface area contributed by atoms with E-state index in [4.69, 9.17) is 14.9 Å². The van der Waals surface area contributed by atoms with Gasteiger partial charge >= 0.3 is 35.5 Å². The number of aliphatic hydroxyl groups excluding tert-OH is 3. The van der Waals surface area contributed by atoms with Crippen LogP contribution in [0.15, 0.2) is 12.2 Å². The molecular formula is C23H44NaO9P. The van der Waals surface area contributed by atoms with E-state index >= 15 is 0 Å². The maximum absolute atomic E-state index is 11.7. The van der Waals surface area contributed by atoms with Crippen molar-refractivity contribution in [3.63, 3.8) is 0 Å². The van der Waals surface area contributed by atoms with Gasteiger partial charge in [0.05, 0.1) is 19.8 Å². The molecule has 0 radical (unpaired) electrons. The standard InChI is InChI=1S/C23H45O9P.Na/c1-2-3-4-5-6-7-8-9-10-11-12-13-14-15-16-23(27)30-18-22(26)20-32-33(28,29)31-19-21(25)17-24;/h7-8,21-22,24-26H,2-6,9-20H2,1H3,(H,28,29);/q;+1/p-1/b8-7-;/t21?,22-;/m1./s1. The smallest absolute Gasteiger partial charge is 0.756 e. The number of phosphoric ester groups is 1. The van der Waals surface area contributed by atoms with Crippen LogP contribution >= 0.6 is 7.82 Å². The molecule has 0 aromatic heterocycles. The van der Waals surface area contributed by atoms with Gasteiger partial charge in [0.2, 0.25) is 0 Å². The van der Waals surface area contributed by atoms with Crippen molar-refractivity contribution >= 4 is 13.8 Å². The molecule has 0 aliphatic rings. The summed E-state index contributed by atoms with van der Waals surface area (Å²) >= 11 is 0. The van der Waals surface area contributed by atoms with Gasteiger partial charge in [-0.15, -0.1) is 0 Å². The third-order valence-corrected chi connectivity index (χ3v) is 5.82. The van der Waals surface area contributed by atoms with E-state index in [2.05, 4.69) is 28.1 Å². The minimum Gasteiger partial charge on any atom is -0.756 e. The van der Waals surface area contributed by atoms with Crippen LogP contribution in [-0.2, 0) is 23.1 Å². The van der Waals surface area contributed by atoms with Gasteiger partial charge in [0.25, 0.3) is 7.82 Å². The molecule has 2 unspecified atom stereocenters. The second-order valence-corrected chi connectivity index (χ2v) is 9.60. The Bertz CT molecular complexity index is 549. The molecule has 3 N–H and O–H groups in total. The van der Waals surface area contributed by atoms with Crippen LogP contribution < -0.4 is 34.5 Å². The summed E-state index contributed by atoms with van der Waals surface area (Å²) in [6.07, 6.45) is 15.9. The third-order valence-electron chi connectivity index (χ3n) is 4.89. The van der Waals surface area contributed by atoms with Crippen molar-refractivity contribution in [1.29, 1.82) is 0 Å². The number of unbranched alkanes of at least 4 members (excludes halogenated alkanes) is 10. The number of hydrogen-bond acceptors (Lipinski definition) is 9. The molecule has 9 nitrogen and oxygen atoms in total. The number of carbonyl (C=O) groups is 1. The van der Waals surface area contributed by atoms with Gasteiger partial charge in [-0.2, -0.15) is 0 Å². The topological polar surface area (TPSA) is 146 Å². The summed E-state index contributed by atoms with van der Waals surface area (Å²) in [7, 11) is -4.73. The van der Waals surface area contributed by atoms with Crippen molar-refractivity contribution in [2.24, 2.45) is 0 Å². The fourth-order valence-electron chi connectivity index (χ4n) is 2.92. The molecule has 0 amide bonds. The predicted octanol–water partition coefficient (Wildman–Crippen LogP) is 0.397. The molecule has 0 rings (SSSR count).